The molecule has 2 nitrogen and oxygen atoms in total. The van der Waals surface area contributed by atoms with Gasteiger partial charge in [-0.1, -0.05) is 41.4 Å². The summed E-state index contributed by atoms with van der Waals surface area (Å²) in [6, 6.07) is 12.6. The number of alkyl halides is 1. The lowest BCUT2D eigenvalue weighted by Gasteiger charge is -2.18. The molecule has 2 aromatic rings. The second-order valence-corrected chi connectivity index (χ2v) is 5.82. The fraction of sp³-hybridized carbons (Fsp3) is 0.188. The average molecular weight is 343 g/mol. The molecule has 0 atom stereocenters. The van der Waals surface area contributed by atoms with Crippen LogP contribution in [0.4, 0.5) is 0 Å². The number of hydrogen-bond donors (Lipinski definition) is 0. The van der Waals surface area contributed by atoms with Gasteiger partial charge in [-0.2, -0.15) is 0 Å². The molecule has 2 aromatic carbocycles. The van der Waals surface area contributed by atoms with E-state index in [2.05, 4.69) is 0 Å². The zero-order chi connectivity index (χ0) is 15.4. The number of halogens is 3. The molecule has 0 aliphatic heterocycles. The molecule has 0 aliphatic carbocycles. The van der Waals surface area contributed by atoms with E-state index < -0.39 is 0 Å². The van der Waals surface area contributed by atoms with Crippen LogP contribution in [0.25, 0.3) is 0 Å². The molecule has 21 heavy (non-hydrogen) atoms. The van der Waals surface area contributed by atoms with E-state index in [4.69, 9.17) is 34.8 Å². The van der Waals surface area contributed by atoms with Crippen molar-refractivity contribution in [1.29, 1.82) is 0 Å². The Bertz CT molecular complexity index is 640. The van der Waals surface area contributed by atoms with Gasteiger partial charge in [0.2, 0.25) is 0 Å². The van der Waals surface area contributed by atoms with Crippen molar-refractivity contribution in [1.82, 2.24) is 4.90 Å². The SMILES string of the molecule is CN(Cc1ccc(Cl)c(Cl)c1)C(=O)c1ccc(CCl)cc1. The highest BCUT2D eigenvalue weighted by Crippen LogP contribution is 2.23. The van der Waals surface area contributed by atoms with Gasteiger partial charge in [-0.15, -0.1) is 11.6 Å². The van der Waals surface area contributed by atoms with Crippen molar-refractivity contribution < 1.29 is 4.79 Å². The molecule has 0 saturated heterocycles. The van der Waals surface area contributed by atoms with E-state index in [1.807, 2.05) is 18.2 Å². The molecule has 5 heteroatoms. The van der Waals surface area contributed by atoms with Gasteiger partial charge in [-0.25, -0.2) is 0 Å². The standard InChI is InChI=1S/C16H14Cl3NO/c1-20(10-12-4-7-14(18)15(19)8-12)16(21)13-5-2-11(9-17)3-6-13/h2-8H,9-10H2,1H3. The molecule has 0 unspecified atom stereocenters. The molecule has 0 heterocycles. The molecule has 0 aliphatic rings. The number of hydrogen-bond acceptors (Lipinski definition) is 1. The van der Waals surface area contributed by atoms with Crippen LogP contribution in [0, 0.1) is 0 Å². The lowest BCUT2D eigenvalue weighted by Crippen LogP contribution is -2.26. The van der Waals surface area contributed by atoms with Crippen molar-refractivity contribution in [3.63, 3.8) is 0 Å². The summed E-state index contributed by atoms with van der Waals surface area (Å²) in [4.78, 5) is 14.0. The Labute approximate surface area is 139 Å². The zero-order valence-corrected chi connectivity index (χ0v) is 13.7. The number of benzene rings is 2. The molecule has 0 radical (unpaired) electrons. The predicted octanol–water partition coefficient (Wildman–Crippen LogP) is 5.00. The van der Waals surface area contributed by atoms with Gasteiger partial charge in [-0.05, 0) is 35.4 Å². The van der Waals surface area contributed by atoms with E-state index in [0.717, 1.165) is 11.1 Å². The molecule has 0 bridgehead atoms. The third kappa shape index (κ3) is 4.13. The number of carbonyl (C=O) groups excluding carboxylic acids is 1. The van der Waals surface area contributed by atoms with Gasteiger partial charge in [0.1, 0.15) is 0 Å². The molecule has 0 saturated carbocycles. The average Bonchev–Trinajstić information content (AvgIpc) is 2.50. The van der Waals surface area contributed by atoms with Crippen LogP contribution in [0.2, 0.25) is 10.0 Å². The summed E-state index contributed by atoms with van der Waals surface area (Å²) < 4.78 is 0. The zero-order valence-electron chi connectivity index (χ0n) is 11.4. The van der Waals surface area contributed by atoms with Gasteiger partial charge < -0.3 is 4.90 Å². The Kier molecular flexibility index (Phi) is 5.51. The molecule has 1 amide bonds. The molecule has 0 N–H and O–H groups in total. The van der Waals surface area contributed by atoms with Crippen molar-refractivity contribution in [2.24, 2.45) is 0 Å². The smallest absolute Gasteiger partial charge is 0.253 e. The summed E-state index contributed by atoms with van der Waals surface area (Å²) in [5, 5.41) is 0.993. The highest BCUT2D eigenvalue weighted by molar-refractivity contribution is 6.42. The highest BCUT2D eigenvalue weighted by atomic mass is 35.5. The first-order valence-electron chi connectivity index (χ1n) is 6.35. The topological polar surface area (TPSA) is 20.3 Å². The number of nitrogens with zero attached hydrogens (tertiary/aromatic N) is 1. The van der Waals surface area contributed by atoms with Crippen LogP contribution in [-0.4, -0.2) is 17.9 Å². The van der Waals surface area contributed by atoms with Crippen LogP contribution in [-0.2, 0) is 12.4 Å². The first kappa shape index (κ1) is 16.2. The van der Waals surface area contributed by atoms with Crippen molar-refractivity contribution in [2.75, 3.05) is 7.05 Å². The van der Waals surface area contributed by atoms with Gasteiger partial charge in [0.25, 0.3) is 5.91 Å². The molecular weight excluding hydrogens is 329 g/mol. The Morgan fingerprint density at radius 2 is 1.62 bits per heavy atom. The minimum Gasteiger partial charge on any atom is -0.337 e. The Morgan fingerprint density at radius 3 is 2.19 bits per heavy atom. The quantitative estimate of drug-likeness (QED) is 0.716. The van der Waals surface area contributed by atoms with Gasteiger partial charge in [-0.3, -0.25) is 4.79 Å². The fourth-order valence-corrected chi connectivity index (χ4v) is 2.44. The first-order chi connectivity index (χ1) is 10.0. The van der Waals surface area contributed by atoms with Crippen LogP contribution in [0.3, 0.4) is 0 Å². The summed E-state index contributed by atoms with van der Waals surface area (Å²) in [5.41, 5.74) is 2.55. The Balaban J connectivity index is 2.09. The Hall–Kier alpha value is -1.22. The summed E-state index contributed by atoms with van der Waals surface area (Å²) in [7, 11) is 1.75. The van der Waals surface area contributed by atoms with Crippen molar-refractivity contribution >= 4 is 40.7 Å². The largest absolute Gasteiger partial charge is 0.337 e. The van der Waals surface area contributed by atoms with E-state index in [0.29, 0.717) is 28.0 Å². The van der Waals surface area contributed by atoms with Crippen molar-refractivity contribution in [3.8, 4) is 0 Å². The van der Waals surface area contributed by atoms with Gasteiger partial charge in [0, 0.05) is 25.0 Å². The molecule has 2 rings (SSSR count). The fourth-order valence-electron chi connectivity index (χ4n) is 1.94. The molecule has 110 valence electrons. The molecule has 0 aromatic heterocycles. The van der Waals surface area contributed by atoms with Crippen LogP contribution < -0.4 is 0 Å². The third-order valence-corrected chi connectivity index (χ3v) is 4.15. The van der Waals surface area contributed by atoms with Gasteiger partial charge >= 0.3 is 0 Å². The number of carbonyl (C=O) groups is 1. The van der Waals surface area contributed by atoms with E-state index in [-0.39, 0.29) is 5.91 Å². The van der Waals surface area contributed by atoms with Crippen LogP contribution in [0.15, 0.2) is 42.5 Å². The molecular formula is C16H14Cl3NO. The molecule has 0 spiro atoms. The number of amides is 1. The first-order valence-corrected chi connectivity index (χ1v) is 7.64. The highest BCUT2D eigenvalue weighted by Gasteiger charge is 2.12. The minimum absolute atomic E-state index is 0.0535. The summed E-state index contributed by atoms with van der Waals surface area (Å²) >= 11 is 17.6. The lowest BCUT2D eigenvalue weighted by molar-refractivity contribution is 0.0785. The van der Waals surface area contributed by atoms with E-state index in [9.17, 15) is 4.79 Å². The van der Waals surface area contributed by atoms with E-state index >= 15 is 0 Å². The van der Waals surface area contributed by atoms with Crippen LogP contribution in [0.1, 0.15) is 21.5 Å². The summed E-state index contributed by atoms with van der Waals surface area (Å²) in [5.74, 6) is 0.385. The lowest BCUT2D eigenvalue weighted by atomic mass is 10.1. The Morgan fingerprint density at radius 1 is 1.00 bits per heavy atom. The summed E-state index contributed by atoms with van der Waals surface area (Å²) in [6.07, 6.45) is 0. The second-order valence-electron chi connectivity index (χ2n) is 4.74. The van der Waals surface area contributed by atoms with E-state index in [1.54, 1.807) is 36.2 Å². The second kappa shape index (κ2) is 7.17. The minimum atomic E-state index is -0.0535. The van der Waals surface area contributed by atoms with Gasteiger partial charge in [0.15, 0.2) is 0 Å². The van der Waals surface area contributed by atoms with Gasteiger partial charge in [0.05, 0.1) is 10.0 Å². The normalized spacial score (nSPS) is 10.5. The van der Waals surface area contributed by atoms with Crippen molar-refractivity contribution in [3.05, 3.63) is 69.2 Å². The monoisotopic (exact) mass is 341 g/mol. The third-order valence-electron chi connectivity index (χ3n) is 3.11. The van der Waals surface area contributed by atoms with E-state index in [1.165, 1.54) is 0 Å². The number of rotatable bonds is 4. The van der Waals surface area contributed by atoms with Crippen LogP contribution >= 0.6 is 34.8 Å². The predicted molar refractivity (Wildman–Crippen MR) is 88.3 cm³/mol. The van der Waals surface area contributed by atoms with Crippen LogP contribution in [0.5, 0.6) is 0 Å². The van der Waals surface area contributed by atoms with Crippen molar-refractivity contribution in [2.45, 2.75) is 12.4 Å². The summed E-state index contributed by atoms with van der Waals surface area (Å²) in [6.45, 7) is 0.465. The maximum Gasteiger partial charge on any atom is 0.253 e. The maximum atomic E-state index is 12.3. The maximum absolute atomic E-state index is 12.3. The molecule has 0 fully saturated rings.